The summed E-state index contributed by atoms with van der Waals surface area (Å²) in [4.78, 5) is 26.5. The quantitative estimate of drug-likeness (QED) is 0.761. The normalized spacial score (nSPS) is 29.4. The van der Waals surface area contributed by atoms with E-state index in [2.05, 4.69) is 11.8 Å². The first-order valence-electron chi connectivity index (χ1n) is 6.51. The van der Waals surface area contributed by atoms with Crippen molar-refractivity contribution in [1.29, 1.82) is 0 Å². The van der Waals surface area contributed by atoms with Crippen molar-refractivity contribution in [3.8, 4) is 0 Å². The molecule has 2 aliphatic heterocycles. The smallest absolute Gasteiger partial charge is 0.416 e. The molecule has 102 valence electrons. The highest BCUT2D eigenvalue weighted by Crippen LogP contribution is 2.22. The molecule has 2 aliphatic rings. The Balaban J connectivity index is 1.86. The van der Waals surface area contributed by atoms with Crippen LogP contribution in [0.2, 0.25) is 0 Å². The third-order valence-corrected chi connectivity index (χ3v) is 3.92. The molecule has 2 heterocycles. The van der Waals surface area contributed by atoms with Crippen LogP contribution in [0.25, 0.3) is 0 Å². The Morgan fingerprint density at radius 2 is 2.28 bits per heavy atom. The summed E-state index contributed by atoms with van der Waals surface area (Å²) in [6.07, 6.45) is 0.542. The van der Waals surface area contributed by atoms with Gasteiger partial charge in [0, 0.05) is 6.54 Å². The molecule has 2 amide bonds. The molecule has 6 heteroatoms. The fourth-order valence-corrected chi connectivity index (χ4v) is 2.57. The van der Waals surface area contributed by atoms with E-state index in [1.165, 1.54) is 4.90 Å². The fraction of sp³-hybridized carbons (Fsp3) is 0.833. The third-order valence-electron chi connectivity index (χ3n) is 3.92. The van der Waals surface area contributed by atoms with E-state index >= 15 is 0 Å². The zero-order valence-electron chi connectivity index (χ0n) is 10.8. The molecule has 2 unspecified atom stereocenters. The number of cyclic esters (lactones) is 1. The van der Waals surface area contributed by atoms with E-state index in [1.807, 2.05) is 0 Å². The van der Waals surface area contributed by atoms with Gasteiger partial charge in [-0.2, -0.15) is 0 Å². The van der Waals surface area contributed by atoms with Crippen LogP contribution in [0.15, 0.2) is 0 Å². The van der Waals surface area contributed by atoms with Gasteiger partial charge in [-0.25, -0.2) is 9.69 Å². The number of nitrogens with two attached hydrogens (primary N) is 1. The van der Waals surface area contributed by atoms with E-state index in [1.54, 1.807) is 0 Å². The topological polar surface area (TPSA) is 75.9 Å². The molecular weight excluding hydrogens is 234 g/mol. The lowest BCUT2D eigenvalue weighted by molar-refractivity contribution is -0.129. The summed E-state index contributed by atoms with van der Waals surface area (Å²) in [6, 6.07) is 0. The van der Waals surface area contributed by atoms with Crippen LogP contribution in [-0.2, 0) is 9.53 Å². The zero-order valence-corrected chi connectivity index (χ0v) is 10.8. The predicted molar refractivity (Wildman–Crippen MR) is 65.8 cm³/mol. The first-order valence-corrected chi connectivity index (χ1v) is 6.51. The summed E-state index contributed by atoms with van der Waals surface area (Å²) in [7, 11) is 0. The summed E-state index contributed by atoms with van der Waals surface area (Å²) in [5.41, 5.74) is 5.73. The number of likely N-dealkylation sites (tertiary alicyclic amines) is 1. The molecule has 0 aromatic heterocycles. The maximum Gasteiger partial charge on any atom is 0.416 e. The molecule has 0 aliphatic carbocycles. The van der Waals surface area contributed by atoms with Gasteiger partial charge in [0.1, 0.15) is 6.61 Å². The Morgan fingerprint density at radius 3 is 2.89 bits per heavy atom. The van der Waals surface area contributed by atoms with Crippen LogP contribution >= 0.6 is 0 Å². The second-order valence-corrected chi connectivity index (χ2v) is 5.16. The number of hydrogen-bond donors (Lipinski definition) is 1. The number of rotatable bonds is 3. The van der Waals surface area contributed by atoms with Gasteiger partial charge in [-0.15, -0.1) is 0 Å². The van der Waals surface area contributed by atoms with Crippen molar-refractivity contribution in [1.82, 2.24) is 9.80 Å². The highest BCUT2D eigenvalue weighted by molar-refractivity contribution is 5.94. The van der Waals surface area contributed by atoms with Crippen molar-refractivity contribution in [2.45, 2.75) is 13.3 Å². The van der Waals surface area contributed by atoms with Crippen molar-refractivity contribution in [3.63, 3.8) is 0 Å². The highest BCUT2D eigenvalue weighted by Gasteiger charge is 2.31. The molecule has 0 bridgehead atoms. The molecule has 2 saturated heterocycles. The maximum absolute atomic E-state index is 12.0. The van der Waals surface area contributed by atoms with Gasteiger partial charge in [-0.1, -0.05) is 6.92 Å². The molecule has 0 saturated carbocycles. The first kappa shape index (κ1) is 13.3. The van der Waals surface area contributed by atoms with Crippen LogP contribution in [0.4, 0.5) is 4.79 Å². The number of imide groups is 1. The van der Waals surface area contributed by atoms with E-state index in [9.17, 15) is 9.59 Å². The van der Waals surface area contributed by atoms with E-state index < -0.39 is 6.09 Å². The summed E-state index contributed by atoms with van der Waals surface area (Å²) in [5, 5.41) is 0. The van der Waals surface area contributed by atoms with Crippen LogP contribution in [0.1, 0.15) is 13.3 Å². The second-order valence-electron chi connectivity index (χ2n) is 5.16. The van der Waals surface area contributed by atoms with Crippen molar-refractivity contribution in [2.24, 2.45) is 17.6 Å². The van der Waals surface area contributed by atoms with Crippen LogP contribution in [0, 0.1) is 11.8 Å². The number of piperidine rings is 1. The number of carbonyl (C=O) groups excluding carboxylic acids is 2. The lowest BCUT2D eigenvalue weighted by Crippen LogP contribution is -2.47. The van der Waals surface area contributed by atoms with Crippen LogP contribution in [0.3, 0.4) is 0 Å². The minimum atomic E-state index is -0.513. The largest absolute Gasteiger partial charge is 0.447 e. The van der Waals surface area contributed by atoms with Gasteiger partial charge in [0.15, 0.2) is 0 Å². The summed E-state index contributed by atoms with van der Waals surface area (Å²) < 4.78 is 4.76. The lowest BCUT2D eigenvalue weighted by Gasteiger charge is -2.36. The molecule has 2 N–H and O–H groups in total. The number of hydrogen-bond acceptors (Lipinski definition) is 5. The maximum atomic E-state index is 12.0. The van der Waals surface area contributed by atoms with E-state index in [0.717, 1.165) is 19.5 Å². The van der Waals surface area contributed by atoms with Gasteiger partial charge in [-0.3, -0.25) is 9.69 Å². The molecule has 0 aromatic carbocycles. The van der Waals surface area contributed by atoms with Gasteiger partial charge in [0.05, 0.1) is 13.1 Å². The molecule has 2 atom stereocenters. The predicted octanol–water partition coefficient (Wildman–Crippen LogP) is -0.118. The Bertz CT molecular complexity index is 335. The Kier molecular flexibility index (Phi) is 4.19. The summed E-state index contributed by atoms with van der Waals surface area (Å²) in [6.45, 7) is 5.57. The van der Waals surface area contributed by atoms with Gasteiger partial charge in [0.2, 0.25) is 5.91 Å². The molecule has 2 rings (SSSR count). The number of ether oxygens (including phenoxy) is 1. The van der Waals surface area contributed by atoms with E-state index in [-0.39, 0.29) is 5.91 Å². The summed E-state index contributed by atoms with van der Waals surface area (Å²) >= 11 is 0. The van der Waals surface area contributed by atoms with Gasteiger partial charge in [-0.05, 0) is 31.3 Å². The molecule has 0 aromatic rings. The van der Waals surface area contributed by atoms with Crippen LogP contribution in [-0.4, -0.2) is 61.1 Å². The molecule has 0 radical (unpaired) electrons. The molecule has 0 spiro atoms. The van der Waals surface area contributed by atoms with Crippen LogP contribution < -0.4 is 5.73 Å². The van der Waals surface area contributed by atoms with Crippen molar-refractivity contribution in [2.75, 3.05) is 39.3 Å². The highest BCUT2D eigenvalue weighted by atomic mass is 16.6. The molecule has 6 nitrogen and oxygen atoms in total. The molecule has 2 fully saturated rings. The second kappa shape index (κ2) is 5.67. The zero-order chi connectivity index (χ0) is 13.1. The monoisotopic (exact) mass is 255 g/mol. The minimum absolute atomic E-state index is 0.164. The van der Waals surface area contributed by atoms with Crippen molar-refractivity contribution in [3.05, 3.63) is 0 Å². The van der Waals surface area contributed by atoms with Crippen molar-refractivity contribution >= 4 is 12.0 Å². The van der Waals surface area contributed by atoms with Crippen molar-refractivity contribution < 1.29 is 14.3 Å². The summed E-state index contributed by atoms with van der Waals surface area (Å²) in [5.74, 6) is 0.887. The molecular formula is C12H21N3O3. The fourth-order valence-electron chi connectivity index (χ4n) is 2.57. The van der Waals surface area contributed by atoms with E-state index in [0.29, 0.717) is 38.1 Å². The number of nitrogens with zero attached hydrogens (tertiary/aromatic N) is 2. The standard InChI is InChI=1S/C12H21N3O3/c1-9-2-3-14(7-10(9)6-13)8-11(16)15-4-5-18-12(15)17/h9-10H,2-8,13H2,1H3. The Labute approximate surface area is 107 Å². The number of carbonyl (C=O) groups is 2. The van der Waals surface area contributed by atoms with Gasteiger partial charge in [0.25, 0.3) is 0 Å². The minimum Gasteiger partial charge on any atom is -0.447 e. The first-order chi connectivity index (χ1) is 8.61. The Hall–Kier alpha value is -1.14. The average Bonchev–Trinajstić information content (AvgIpc) is 2.78. The van der Waals surface area contributed by atoms with Crippen LogP contribution in [0.5, 0.6) is 0 Å². The molecule has 18 heavy (non-hydrogen) atoms. The van der Waals surface area contributed by atoms with E-state index in [4.69, 9.17) is 10.5 Å². The Morgan fingerprint density at radius 1 is 1.50 bits per heavy atom. The SMILES string of the molecule is CC1CCN(CC(=O)N2CCOC2=O)CC1CN. The third kappa shape index (κ3) is 2.81. The average molecular weight is 255 g/mol. The van der Waals surface area contributed by atoms with Gasteiger partial charge >= 0.3 is 6.09 Å². The number of amides is 2. The van der Waals surface area contributed by atoms with Gasteiger partial charge < -0.3 is 10.5 Å². The lowest BCUT2D eigenvalue weighted by atomic mass is 9.87.